The molecule has 0 unspecified atom stereocenters. The van der Waals surface area contributed by atoms with Gasteiger partial charge in [-0.2, -0.15) is 13.2 Å². The van der Waals surface area contributed by atoms with E-state index in [0.717, 1.165) is 63.0 Å². The van der Waals surface area contributed by atoms with Crippen molar-refractivity contribution in [3.8, 4) is 0 Å². The first kappa shape index (κ1) is 24.9. The Morgan fingerprint density at radius 2 is 1.70 bits per heavy atom. The third-order valence-corrected chi connectivity index (χ3v) is 7.30. The zero-order valence-corrected chi connectivity index (χ0v) is 18.4. The van der Waals surface area contributed by atoms with Crippen LogP contribution in [0.25, 0.3) is 0 Å². The highest BCUT2D eigenvalue weighted by atomic mass is 32.2. The first-order chi connectivity index (χ1) is 14.1. The second-order valence-electron chi connectivity index (χ2n) is 8.31. The van der Waals surface area contributed by atoms with Crippen LogP contribution in [0.15, 0.2) is 41.8 Å². The highest BCUT2D eigenvalue weighted by molar-refractivity contribution is 7.89. The first-order valence-corrected chi connectivity index (χ1v) is 12.1. The van der Waals surface area contributed by atoms with Crippen LogP contribution >= 0.6 is 0 Å². The topological polar surface area (TPSA) is 49.4 Å². The molecule has 1 N–H and O–H groups in total. The molecular formula is C22H33F3N2O2S. The van der Waals surface area contributed by atoms with E-state index >= 15 is 0 Å². The third kappa shape index (κ3) is 8.04. The number of halogens is 3. The average molecular weight is 447 g/mol. The Morgan fingerprint density at radius 3 is 2.27 bits per heavy atom. The maximum absolute atomic E-state index is 12.6. The van der Waals surface area contributed by atoms with E-state index in [0.29, 0.717) is 12.5 Å². The number of benzene rings is 1. The molecule has 0 aromatic heterocycles. The number of unbranched alkanes of at least 4 members (excludes halogenated alkanes) is 1. The van der Waals surface area contributed by atoms with Gasteiger partial charge in [0, 0.05) is 13.1 Å². The molecule has 0 aliphatic heterocycles. The summed E-state index contributed by atoms with van der Waals surface area (Å²) in [6, 6.07) is 3.62. The fraction of sp³-hybridized carbons (Fsp3) is 0.636. The van der Waals surface area contributed by atoms with Crippen LogP contribution in [0.2, 0.25) is 0 Å². The summed E-state index contributed by atoms with van der Waals surface area (Å²) in [6.07, 6.45) is 5.21. The molecule has 170 valence electrons. The monoisotopic (exact) mass is 446 g/mol. The van der Waals surface area contributed by atoms with Gasteiger partial charge in [-0.15, -0.1) is 6.58 Å². The molecule has 1 fully saturated rings. The van der Waals surface area contributed by atoms with Crippen molar-refractivity contribution in [1.29, 1.82) is 0 Å². The minimum atomic E-state index is -4.48. The molecule has 30 heavy (non-hydrogen) atoms. The van der Waals surface area contributed by atoms with Crippen molar-refractivity contribution in [3.05, 3.63) is 42.5 Å². The van der Waals surface area contributed by atoms with E-state index in [1.165, 1.54) is 19.3 Å². The summed E-state index contributed by atoms with van der Waals surface area (Å²) >= 11 is 0. The molecule has 0 atom stereocenters. The van der Waals surface area contributed by atoms with Crippen LogP contribution < -0.4 is 4.72 Å². The van der Waals surface area contributed by atoms with Gasteiger partial charge in [-0.25, -0.2) is 13.1 Å². The number of nitrogens with zero attached hydrogens (tertiary/aromatic N) is 1. The summed E-state index contributed by atoms with van der Waals surface area (Å²) < 4.78 is 65.2. The predicted molar refractivity (Wildman–Crippen MR) is 114 cm³/mol. The van der Waals surface area contributed by atoms with E-state index in [4.69, 9.17) is 0 Å². The van der Waals surface area contributed by atoms with Gasteiger partial charge in [-0.05, 0) is 69.0 Å². The summed E-state index contributed by atoms with van der Waals surface area (Å²) in [5.41, 5.74) is -0.855. The van der Waals surface area contributed by atoms with Crippen molar-refractivity contribution in [2.24, 2.45) is 11.8 Å². The van der Waals surface area contributed by atoms with Gasteiger partial charge in [0.05, 0.1) is 10.5 Å². The number of alkyl halides is 3. The predicted octanol–water partition coefficient (Wildman–Crippen LogP) is 5.08. The molecule has 0 spiro atoms. The summed E-state index contributed by atoms with van der Waals surface area (Å²) in [5, 5.41) is 0. The summed E-state index contributed by atoms with van der Waals surface area (Å²) in [4.78, 5) is 2.12. The van der Waals surface area contributed by atoms with E-state index in [-0.39, 0.29) is 10.8 Å². The minimum absolute atomic E-state index is 0.134. The van der Waals surface area contributed by atoms with Crippen molar-refractivity contribution in [2.45, 2.75) is 56.0 Å². The molecule has 0 bridgehead atoms. The minimum Gasteiger partial charge on any atom is -0.303 e. The number of nitrogens with one attached hydrogen (secondary N) is 1. The SMILES string of the molecule is C=CCN(C)CCCCC1CCC(CNS(=O)(=O)c2ccc(C(F)(F)F)cc2)CC1. The van der Waals surface area contributed by atoms with Crippen LogP contribution in [0.5, 0.6) is 0 Å². The summed E-state index contributed by atoms with van der Waals surface area (Å²) in [6.45, 7) is 6.07. The van der Waals surface area contributed by atoms with Gasteiger partial charge in [0.1, 0.15) is 0 Å². The first-order valence-electron chi connectivity index (χ1n) is 10.6. The van der Waals surface area contributed by atoms with Gasteiger partial charge in [0.2, 0.25) is 10.0 Å². The Morgan fingerprint density at radius 1 is 1.10 bits per heavy atom. The Kier molecular flexibility index (Phi) is 9.37. The second kappa shape index (κ2) is 11.3. The lowest BCUT2D eigenvalue weighted by Crippen LogP contribution is -2.31. The lowest BCUT2D eigenvalue weighted by Gasteiger charge is -2.28. The van der Waals surface area contributed by atoms with Crippen LogP contribution in [0.1, 0.15) is 50.5 Å². The smallest absolute Gasteiger partial charge is 0.303 e. The van der Waals surface area contributed by atoms with E-state index in [2.05, 4.69) is 23.2 Å². The standard InChI is InChI=1S/C22H33F3N2O2S/c1-3-15-27(2)16-5-4-6-18-7-9-19(10-8-18)17-26-30(28,29)21-13-11-20(12-14-21)22(23,24)25/h3,11-14,18-19,26H,1,4-10,15-17H2,2H3. The van der Waals surface area contributed by atoms with E-state index in [1.807, 2.05) is 6.08 Å². The Hall–Kier alpha value is -1.38. The number of likely N-dealkylation sites (N-methyl/N-ethyl adjacent to an activating group) is 1. The zero-order chi connectivity index (χ0) is 22.2. The molecule has 1 aromatic carbocycles. The maximum Gasteiger partial charge on any atom is 0.416 e. The van der Waals surface area contributed by atoms with Gasteiger partial charge in [-0.3, -0.25) is 0 Å². The summed E-state index contributed by atoms with van der Waals surface area (Å²) in [7, 11) is -1.70. The molecule has 1 aromatic rings. The maximum atomic E-state index is 12.6. The van der Waals surface area contributed by atoms with Crippen LogP contribution in [-0.2, 0) is 16.2 Å². The molecule has 8 heteroatoms. The largest absolute Gasteiger partial charge is 0.416 e. The fourth-order valence-electron chi connectivity index (χ4n) is 3.98. The lowest BCUT2D eigenvalue weighted by molar-refractivity contribution is -0.137. The normalized spacial score (nSPS) is 20.4. The van der Waals surface area contributed by atoms with Gasteiger partial charge in [0.15, 0.2) is 0 Å². The highest BCUT2D eigenvalue weighted by Crippen LogP contribution is 2.32. The molecule has 1 aliphatic carbocycles. The Balaban J connectivity index is 1.70. The van der Waals surface area contributed by atoms with Crippen LogP contribution in [0, 0.1) is 11.8 Å². The van der Waals surface area contributed by atoms with Crippen LogP contribution in [-0.4, -0.2) is 40.0 Å². The van der Waals surface area contributed by atoms with Crippen molar-refractivity contribution in [1.82, 2.24) is 9.62 Å². The second-order valence-corrected chi connectivity index (χ2v) is 10.1. The molecule has 1 saturated carbocycles. The van der Waals surface area contributed by atoms with Gasteiger partial charge in [-0.1, -0.05) is 31.8 Å². The van der Waals surface area contributed by atoms with Crippen molar-refractivity contribution in [2.75, 3.05) is 26.7 Å². The number of rotatable bonds is 11. The van der Waals surface area contributed by atoms with Crippen molar-refractivity contribution < 1.29 is 21.6 Å². The fourth-order valence-corrected chi connectivity index (χ4v) is 5.10. The quantitative estimate of drug-likeness (QED) is 0.381. The molecule has 0 saturated heterocycles. The molecule has 0 amide bonds. The number of sulfonamides is 1. The average Bonchev–Trinajstić information content (AvgIpc) is 2.70. The number of hydrogen-bond donors (Lipinski definition) is 1. The van der Waals surface area contributed by atoms with E-state index < -0.39 is 21.8 Å². The van der Waals surface area contributed by atoms with Gasteiger partial charge in [0.25, 0.3) is 0 Å². The van der Waals surface area contributed by atoms with E-state index in [9.17, 15) is 21.6 Å². The molecule has 0 heterocycles. The van der Waals surface area contributed by atoms with Crippen molar-refractivity contribution in [3.63, 3.8) is 0 Å². The Labute approximate surface area is 178 Å². The molecule has 1 aliphatic rings. The van der Waals surface area contributed by atoms with Gasteiger partial charge >= 0.3 is 6.18 Å². The molecule has 4 nitrogen and oxygen atoms in total. The van der Waals surface area contributed by atoms with Crippen LogP contribution in [0.3, 0.4) is 0 Å². The molecule has 0 radical (unpaired) electrons. The Bertz CT molecular complexity index is 756. The summed E-state index contributed by atoms with van der Waals surface area (Å²) in [5.74, 6) is 0.988. The highest BCUT2D eigenvalue weighted by Gasteiger charge is 2.31. The van der Waals surface area contributed by atoms with Crippen molar-refractivity contribution >= 4 is 10.0 Å². The zero-order valence-electron chi connectivity index (χ0n) is 17.6. The molecular weight excluding hydrogens is 413 g/mol. The lowest BCUT2D eigenvalue weighted by atomic mass is 9.80. The van der Waals surface area contributed by atoms with E-state index in [1.54, 1.807) is 0 Å². The van der Waals surface area contributed by atoms with Crippen LogP contribution in [0.4, 0.5) is 13.2 Å². The number of hydrogen-bond acceptors (Lipinski definition) is 3. The third-order valence-electron chi connectivity index (χ3n) is 5.86. The molecule has 2 rings (SSSR count). The van der Waals surface area contributed by atoms with Gasteiger partial charge < -0.3 is 4.90 Å².